The van der Waals surface area contributed by atoms with Crippen LogP contribution in [0.25, 0.3) is 11.3 Å². The second kappa shape index (κ2) is 9.87. The SMILES string of the molecule is Cc1nc(-c2ccccc2)cc(N2CCN(C(=O)C(c3ccccc3)c3ccccc3)CC2)n1. The normalized spacial score (nSPS) is 13.8. The molecule has 3 aromatic carbocycles. The van der Waals surface area contributed by atoms with Gasteiger partial charge in [0.05, 0.1) is 11.6 Å². The number of carbonyl (C=O) groups is 1. The lowest BCUT2D eigenvalue weighted by Gasteiger charge is -2.37. The van der Waals surface area contributed by atoms with Crippen molar-refractivity contribution in [2.45, 2.75) is 12.8 Å². The molecule has 0 bridgehead atoms. The van der Waals surface area contributed by atoms with Crippen molar-refractivity contribution in [2.75, 3.05) is 31.1 Å². The number of nitrogens with zero attached hydrogens (tertiary/aromatic N) is 4. The van der Waals surface area contributed by atoms with Gasteiger partial charge < -0.3 is 9.80 Å². The molecule has 0 N–H and O–H groups in total. The van der Waals surface area contributed by atoms with E-state index in [4.69, 9.17) is 4.98 Å². The van der Waals surface area contributed by atoms with E-state index in [1.807, 2.05) is 90.7 Å². The van der Waals surface area contributed by atoms with Crippen molar-refractivity contribution in [1.29, 1.82) is 0 Å². The molecule has 1 aromatic heterocycles. The average Bonchev–Trinajstić information content (AvgIpc) is 2.90. The summed E-state index contributed by atoms with van der Waals surface area (Å²) < 4.78 is 0. The van der Waals surface area contributed by atoms with Crippen molar-refractivity contribution >= 4 is 11.7 Å². The summed E-state index contributed by atoms with van der Waals surface area (Å²) in [5.41, 5.74) is 4.06. The maximum Gasteiger partial charge on any atom is 0.234 e. The highest BCUT2D eigenvalue weighted by atomic mass is 16.2. The van der Waals surface area contributed by atoms with E-state index >= 15 is 0 Å². The third kappa shape index (κ3) is 4.69. The minimum atomic E-state index is -0.292. The Bertz CT molecular complexity index is 1200. The maximum absolute atomic E-state index is 13.7. The molecule has 0 atom stereocenters. The first-order valence-corrected chi connectivity index (χ1v) is 11.7. The van der Waals surface area contributed by atoms with Gasteiger partial charge in [0.25, 0.3) is 0 Å². The second-order valence-electron chi connectivity index (χ2n) is 8.59. The van der Waals surface area contributed by atoms with Gasteiger partial charge in [0.15, 0.2) is 0 Å². The van der Waals surface area contributed by atoms with Crippen molar-refractivity contribution in [3.8, 4) is 11.3 Å². The zero-order valence-electron chi connectivity index (χ0n) is 19.3. The summed E-state index contributed by atoms with van der Waals surface area (Å²) in [7, 11) is 0. The highest BCUT2D eigenvalue weighted by molar-refractivity contribution is 5.87. The Kier molecular flexibility index (Phi) is 6.34. The highest BCUT2D eigenvalue weighted by Gasteiger charge is 2.30. The van der Waals surface area contributed by atoms with Gasteiger partial charge in [-0.2, -0.15) is 0 Å². The fourth-order valence-electron chi connectivity index (χ4n) is 4.58. The maximum atomic E-state index is 13.7. The van der Waals surface area contributed by atoms with E-state index in [1.165, 1.54) is 0 Å². The molecule has 34 heavy (non-hydrogen) atoms. The molecule has 0 aliphatic carbocycles. The Morgan fingerprint density at radius 1 is 0.735 bits per heavy atom. The van der Waals surface area contributed by atoms with E-state index in [0.717, 1.165) is 47.1 Å². The summed E-state index contributed by atoms with van der Waals surface area (Å²) in [5.74, 6) is 1.53. The Balaban J connectivity index is 1.34. The molecule has 5 rings (SSSR count). The molecule has 170 valence electrons. The van der Waals surface area contributed by atoms with Crippen molar-refractivity contribution < 1.29 is 4.79 Å². The molecule has 1 aliphatic rings. The zero-order chi connectivity index (χ0) is 23.3. The summed E-state index contributed by atoms with van der Waals surface area (Å²) in [5, 5.41) is 0. The van der Waals surface area contributed by atoms with E-state index in [1.54, 1.807) is 0 Å². The first-order chi connectivity index (χ1) is 16.7. The summed E-state index contributed by atoms with van der Waals surface area (Å²) in [6, 6.07) is 32.4. The van der Waals surface area contributed by atoms with Gasteiger partial charge in [-0.1, -0.05) is 91.0 Å². The summed E-state index contributed by atoms with van der Waals surface area (Å²) >= 11 is 0. The zero-order valence-corrected chi connectivity index (χ0v) is 19.3. The Morgan fingerprint density at radius 3 is 1.82 bits per heavy atom. The minimum Gasteiger partial charge on any atom is -0.353 e. The minimum absolute atomic E-state index is 0.154. The van der Waals surface area contributed by atoms with Crippen molar-refractivity contribution in [1.82, 2.24) is 14.9 Å². The fraction of sp³-hybridized carbons (Fsp3) is 0.207. The van der Waals surface area contributed by atoms with Crippen LogP contribution in [0.5, 0.6) is 0 Å². The molecular formula is C29H28N4O. The molecule has 1 amide bonds. The van der Waals surface area contributed by atoms with Gasteiger partial charge in [0.1, 0.15) is 11.6 Å². The Labute approximate surface area is 200 Å². The molecule has 1 saturated heterocycles. The molecule has 0 spiro atoms. The summed E-state index contributed by atoms with van der Waals surface area (Å²) in [6.45, 7) is 4.75. The molecule has 0 saturated carbocycles. The predicted octanol–water partition coefficient (Wildman–Crippen LogP) is 4.93. The van der Waals surface area contributed by atoms with E-state index in [2.05, 4.69) is 28.1 Å². The van der Waals surface area contributed by atoms with E-state index in [-0.39, 0.29) is 11.8 Å². The number of aryl methyl sites for hydroxylation is 1. The predicted molar refractivity (Wildman–Crippen MR) is 136 cm³/mol. The number of rotatable bonds is 5. The van der Waals surface area contributed by atoms with Crippen LogP contribution in [-0.4, -0.2) is 47.0 Å². The highest BCUT2D eigenvalue weighted by Crippen LogP contribution is 2.28. The number of hydrogen-bond donors (Lipinski definition) is 0. The lowest BCUT2D eigenvalue weighted by Crippen LogP contribution is -2.50. The smallest absolute Gasteiger partial charge is 0.234 e. The summed E-state index contributed by atoms with van der Waals surface area (Å²) in [4.78, 5) is 27.3. The van der Waals surface area contributed by atoms with Crippen LogP contribution in [0, 0.1) is 6.92 Å². The third-order valence-electron chi connectivity index (χ3n) is 6.32. The van der Waals surface area contributed by atoms with Gasteiger partial charge in [-0.05, 0) is 18.1 Å². The van der Waals surface area contributed by atoms with Crippen LogP contribution in [-0.2, 0) is 4.79 Å². The summed E-state index contributed by atoms with van der Waals surface area (Å²) in [6.07, 6.45) is 0. The second-order valence-corrected chi connectivity index (χ2v) is 8.59. The van der Waals surface area contributed by atoms with Gasteiger partial charge in [0, 0.05) is 37.8 Å². The molecule has 5 nitrogen and oxygen atoms in total. The topological polar surface area (TPSA) is 49.3 Å². The molecule has 2 heterocycles. The molecule has 5 heteroatoms. The molecule has 0 unspecified atom stereocenters. The van der Waals surface area contributed by atoms with Crippen molar-refractivity contribution in [3.63, 3.8) is 0 Å². The molecule has 1 fully saturated rings. The number of benzene rings is 3. The standard InChI is InChI=1S/C29H28N4O/c1-22-30-26(23-11-5-2-6-12-23)21-27(31-22)32-17-19-33(20-18-32)29(34)28(24-13-7-3-8-14-24)25-15-9-4-10-16-25/h2-16,21,28H,17-20H2,1H3. The first-order valence-electron chi connectivity index (χ1n) is 11.7. The van der Waals surface area contributed by atoms with Crippen LogP contribution in [0.3, 0.4) is 0 Å². The monoisotopic (exact) mass is 448 g/mol. The van der Waals surface area contributed by atoms with Crippen molar-refractivity contribution in [3.05, 3.63) is 114 Å². The lowest BCUT2D eigenvalue weighted by atomic mass is 9.90. The molecule has 1 aliphatic heterocycles. The van der Waals surface area contributed by atoms with Gasteiger partial charge in [-0.3, -0.25) is 4.79 Å². The van der Waals surface area contributed by atoms with Crippen LogP contribution >= 0.6 is 0 Å². The Hall–Kier alpha value is -3.99. The number of anilines is 1. The van der Waals surface area contributed by atoms with E-state index in [0.29, 0.717) is 13.1 Å². The van der Waals surface area contributed by atoms with Gasteiger partial charge in [-0.25, -0.2) is 9.97 Å². The quantitative estimate of drug-likeness (QED) is 0.434. The number of aromatic nitrogens is 2. The molecular weight excluding hydrogens is 420 g/mol. The van der Waals surface area contributed by atoms with E-state index < -0.39 is 0 Å². The Morgan fingerprint density at radius 2 is 1.26 bits per heavy atom. The van der Waals surface area contributed by atoms with E-state index in [9.17, 15) is 4.79 Å². The van der Waals surface area contributed by atoms with Crippen LogP contribution in [0.1, 0.15) is 22.9 Å². The molecule has 0 radical (unpaired) electrons. The number of amides is 1. The fourth-order valence-corrected chi connectivity index (χ4v) is 4.58. The van der Waals surface area contributed by atoms with Crippen LogP contribution in [0.15, 0.2) is 97.1 Å². The lowest BCUT2D eigenvalue weighted by molar-refractivity contribution is -0.132. The largest absolute Gasteiger partial charge is 0.353 e. The number of hydrogen-bond acceptors (Lipinski definition) is 4. The van der Waals surface area contributed by atoms with Gasteiger partial charge in [0.2, 0.25) is 5.91 Å². The van der Waals surface area contributed by atoms with Crippen LogP contribution in [0.2, 0.25) is 0 Å². The molecule has 4 aromatic rings. The van der Waals surface area contributed by atoms with Crippen LogP contribution < -0.4 is 4.90 Å². The average molecular weight is 449 g/mol. The third-order valence-corrected chi connectivity index (χ3v) is 6.32. The van der Waals surface area contributed by atoms with Gasteiger partial charge in [-0.15, -0.1) is 0 Å². The number of piperazine rings is 1. The van der Waals surface area contributed by atoms with Gasteiger partial charge >= 0.3 is 0 Å². The van der Waals surface area contributed by atoms with Crippen molar-refractivity contribution in [2.24, 2.45) is 0 Å². The number of carbonyl (C=O) groups excluding carboxylic acids is 1. The van der Waals surface area contributed by atoms with Crippen LogP contribution in [0.4, 0.5) is 5.82 Å². The first kappa shape index (κ1) is 21.8.